The Morgan fingerprint density at radius 3 is 2.02 bits per heavy atom. The maximum Gasteiger partial charge on any atom is 0.0781 e. The molecule has 0 saturated heterocycles. The van der Waals surface area contributed by atoms with E-state index in [-0.39, 0.29) is 0 Å². The molecule has 234 valence electrons. The zero-order valence-electron chi connectivity index (χ0n) is 27.0. The lowest BCUT2D eigenvalue weighted by molar-refractivity contribution is 1.18. The van der Waals surface area contributed by atoms with Crippen molar-refractivity contribution in [1.29, 1.82) is 0 Å². The van der Waals surface area contributed by atoms with Crippen LogP contribution in [0.5, 0.6) is 0 Å². The minimum atomic E-state index is 0.996. The molecule has 9 rings (SSSR count). The molecule has 0 aliphatic heterocycles. The minimum absolute atomic E-state index is 0.996. The van der Waals surface area contributed by atoms with Crippen LogP contribution in [-0.4, -0.2) is 18.5 Å². The predicted octanol–water partition coefficient (Wildman–Crippen LogP) is 12.6. The van der Waals surface area contributed by atoms with E-state index in [4.69, 9.17) is 4.98 Å². The molecule has 3 nitrogen and oxygen atoms in total. The summed E-state index contributed by atoms with van der Waals surface area (Å²) in [6.07, 6.45) is 8.45. The SMILES string of the molecule is C/C(=C\C=C/CI)n1c2ccccc2c2cc(-c3ccc4c(c3)c3ccccc3n4-c3cccc(-c4nccc5ccccc45)c3)ccc21. The van der Waals surface area contributed by atoms with Gasteiger partial charge < -0.3 is 9.13 Å². The Bertz CT molecular complexity index is 2770. The standard InChI is InChI=1S/C45H32IN3/c1-30(11-8-9-25-46)48-41-18-6-4-16-37(41)39-28-32(20-22-43(39)48)33-21-23-44-40(29-33)38-17-5-7-19-42(38)49(44)35-14-10-13-34(27-35)45-36-15-3-2-12-31(36)24-26-47-45/h2-24,26-29H,25H2,1H3/b9-8-,30-11+. The van der Waals surface area contributed by atoms with E-state index < -0.39 is 0 Å². The van der Waals surface area contributed by atoms with Crippen LogP contribution in [-0.2, 0) is 0 Å². The fourth-order valence-corrected chi connectivity index (χ4v) is 7.73. The van der Waals surface area contributed by atoms with Gasteiger partial charge in [-0.1, -0.05) is 120 Å². The molecule has 0 fully saturated rings. The first kappa shape index (κ1) is 29.7. The number of halogens is 1. The molecule has 3 aromatic heterocycles. The van der Waals surface area contributed by atoms with Crippen LogP contribution >= 0.6 is 22.6 Å². The van der Waals surface area contributed by atoms with Crippen LogP contribution in [0.1, 0.15) is 6.92 Å². The highest BCUT2D eigenvalue weighted by Gasteiger charge is 2.16. The van der Waals surface area contributed by atoms with Crippen molar-refractivity contribution in [1.82, 2.24) is 14.1 Å². The molecule has 0 unspecified atom stereocenters. The maximum absolute atomic E-state index is 4.82. The van der Waals surface area contributed by atoms with Gasteiger partial charge in [-0.3, -0.25) is 4.98 Å². The van der Waals surface area contributed by atoms with Crippen LogP contribution in [0.3, 0.4) is 0 Å². The molecule has 9 aromatic rings. The Labute approximate surface area is 298 Å². The first-order valence-corrected chi connectivity index (χ1v) is 18.1. The van der Waals surface area contributed by atoms with E-state index in [2.05, 4.69) is 196 Å². The van der Waals surface area contributed by atoms with Gasteiger partial charge in [0.15, 0.2) is 0 Å². The second kappa shape index (κ2) is 12.2. The van der Waals surface area contributed by atoms with E-state index >= 15 is 0 Å². The molecule has 49 heavy (non-hydrogen) atoms. The lowest BCUT2D eigenvalue weighted by Gasteiger charge is -2.12. The van der Waals surface area contributed by atoms with Crippen LogP contribution in [0.2, 0.25) is 0 Å². The third-order valence-electron chi connectivity index (χ3n) is 9.65. The topological polar surface area (TPSA) is 22.8 Å². The van der Waals surface area contributed by atoms with Gasteiger partial charge >= 0.3 is 0 Å². The Balaban J connectivity index is 1.19. The molecule has 0 aliphatic rings. The number of alkyl halides is 1. The largest absolute Gasteiger partial charge is 0.313 e. The first-order chi connectivity index (χ1) is 24.2. The van der Waals surface area contributed by atoms with E-state index in [9.17, 15) is 0 Å². The summed E-state index contributed by atoms with van der Waals surface area (Å²) in [4.78, 5) is 4.82. The number of hydrogen-bond acceptors (Lipinski definition) is 1. The molecular weight excluding hydrogens is 709 g/mol. The second-order valence-corrected chi connectivity index (χ2v) is 13.4. The van der Waals surface area contributed by atoms with Crippen molar-refractivity contribution in [3.05, 3.63) is 164 Å². The predicted molar refractivity (Wildman–Crippen MR) is 218 cm³/mol. The van der Waals surface area contributed by atoms with Crippen LogP contribution in [0.4, 0.5) is 0 Å². The molecule has 0 N–H and O–H groups in total. The number of allylic oxidation sites excluding steroid dienone is 4. The molecule has 0 saturated carbocycles. The fraction of sp³-hybridized carbons (Fsp3) is 0.0444. The van der Waals surface area contributed by atoms with Crippen molar-refractivity contribution < 1.29 is 0 Å². The number of rotatable bonds is 6. The highest BCUT2D eigenvalue weighted by atomic mass is 127. The molecule has 0 spiro atoms. The van der Waals surface area contributed by atoms with Crippen LogP contribution in [0, 0.1) is 0 Å². The van der Waals surface area contributed by atoms with E-state index in [1.807, 2.05) is 6.20 Å². The normalized spacial score (nSPS) is 12.4. The van der Waals surface area contributed by atoms with Crippen molar-refractivity contribution >= 4 is 82.7 Å². The summed E-state index contributed by atoms with van der Waals surface area (Å²) in [6, 6.07) is 50.6. The monoisotopic (exact) mass is 741 g/mol. The lowest BCUT2D eigenvalue weighted by atomic mass is 10.0. The molecule has 3 heterocycles. The Hall–Kier alpha value is -5.46. The molecule has 0 radical (unpaired) electrons. The van der Waals surface area contributed by atoms with Gasteiger partial charge in [-0.25, -0.2) is 0 Å². The maximum atomic E-state index is 4.82. The average molecular weight is 742 g/mol. The van der Waals surface area contributed by atoms with Crippen LogP contribution < -0.4 is 0 Å². The third-order valence-corrected chi connectivity index (χ3v) is 10.2. The fourth-order valence-electron chi connectivity index (χ4n) is 7.44. The van der Waals surface area contributed by atoms with Gasteiger partial charge in [0.25, 0.3) is 0 Å². The van der Waals surface area contributed by atoms with Gasteiger partial charge in [0, 0.05) is 54.5 Å². The third kappa shape index (κ3) is 4.98. The molecular formula is C45H32IN3. The summed E-state index contributed by atoms with van der Waals surface area (Å²) in [5.41, 5.74) is 11.7. The highest BCUT2D eigenvalue weighted by Crippen LogP contribution is 2.39. The smallest absolute Gasteiger partial charge is 0.0781 e. The molecule has 4 heteroatoms. The van der Waals surface area contributed by atoms with E-state index in [1.54, 1.807) is 0 Å². The summed E-state index contributed by atoms with van der Waals surface area (Å²) in [7, 11) is 0. The van der Waals surface area contributed by atoms with Crippen molar-refractivity contribution in [2.24, 2.45) is 0 Å². The number of aromatic nitrogens is 3. The summed E-state index contributed by atoms with van der Waals surface area (Å²) < 4.78 is 5.77. The van der Waals surface area contributed by atoms with Gasteiger partial charge in [-0.2, -0.15) is 0 Å². The number of hydrogen-bond donors (Lipinski definition) is 0. The highest BCUT2D eigenvalue weighted by molar-refractivity contribution is 14.1. The number of para-hydroxylation sites is 2. The molecule has 6 aromatic carbocycles. The van der Waals surface area contributed by atoms with Crippen molar-refractivity contribution in [3.8, 4) is 28.1 Å². The Morgan fingerprint density at radius 2 is 1.22 bits per heavy atom. The number of fused-ring (bicyclic) bond motifs is 7. The van der Waals surface area contributed by atoms with E-state index in [0.29, 0.717) is 0 Å². The number of benzene rings is 6. The summed E-state index contributed by atoms with van der Waals surface area (Å²) in [6.45, 7) is 2.19. The van der Waals surface area contributed by atoms with E-state index in [1.165, 1.54) is 65.8 Å². The van der Waals surface area contributed by atoms with Gasteiger partial charge in [0.1, 0.15) is 0 Å². The quantitative estimate of drug-likeness (QED) is 0.0945. The summed E-state index contributed by atoms with van der Waals surface area (Å²) >= 11 is 2.38. The first-order valence-electron chi connectivity index (χ1n) is 16.6. The molecule has 0 atom stereocenters. The molecule has 0 aliphatic carbocycles. The summed E-state index contributed by atoms with van der Waals surface area (Å²) in [5.74, 6) is 0. The zero-order chi connectivity index (χ0) is 32.9. The summed E-state index contributed by atoms with van der Waals surface area (Å²) in [5, 5.41) is 7.37. The van der Waals surface area contributed by atoms with Crippen molar-refractivity contribution in [2.45, 2.75) is 6.92 Å². The number of pyridine rings is 1. The Kier molecular flexibility index (Phi) is 7.39. The minimum Gasteiger partial charge on any atom is -0.313 e. The number of nitrogens with zero attached hydrogens (tertiary/aromatic N) is 3. The Morgan fingerprint density at radius 1 is 0.592 bits per heavy atom. The lowest BCUT2D eigenvalue weighted by Crippen LogP contribution is -1.95. The van der Waals surface area contributed by atoms with Gasteiger partial charge in [-0.05, 0) is 84.1 Å². The van der Waals surface area contributed by atoms with Gasteiger partial charge in [0.2, 0.25) is 0 Å². The van der Waals surface area contributed by atoms with E-state index in [0.717, 1.165) is 26.8 Å². The van der Waals surface area contributed by atoms with Crippen LogP contribution in [0.25, 0.3) is 88.2 Å². The zero-order valence-corrected chi connectivity index (χ0v) is 29.2. The molecule has 0 bridgehead atoms. The molecule has 0 amide bonds. The van der Waals surface area contributed by atoms with Gasteiger partial charge in [-0.15, -0.1) is 0 Å². The second-order valence-electron chi connectivity index (χ2n) is 12.5. The van der Waals surface area contributed by atoms with Crippen LogP contribution in [0.15, 0.2) is 164 Å². The average Bonchev–Trinajstić information content (AvgIpc) is 3.67. The van der Waals surface area contributed by atoms with Crippen molar-refractivity contribution in [3.63, 3.8) is 0 Å². The van der Waals surface area contributed by atoms with Crippen molar-refractivity contribution in [2.75, 3.05) is 4.43 Å². The van der Waals surface area contributed by atoms with Gasteiger partial charge in [0.05, 0.1) is 27.8 Å².